The molecule has 1 aliphatic rings. The molecule has 5 nitrogen and oxygen atoms in total. The van der Waals surface area contributed by atoms with Crippen LogP contribution in [0, 0.1) is 5.82 Å². The second-order valence-corrected chi connectivity index (χ2v) is 4.44. The summed E-state index contributed by atoms with van der Waals surface area (Å²) < 4.78 is 13.1. The fourth-order valence-corrected chi connectivity index (χ4v) is 1.80. The monoisotopic (exact) mass is 315 g/mol. The van der Waals surface area contributed by atoms with Gasteiger partial charge in [0.15, 0.2) is 0 Å². The molecule has 0 aliphatic carbocycles. The number of benzene rings is 1. The Balaban J connectivity index is 2.14. The highest BCUT2D eigenvalue weighted by molar-refractivity contribution is 9.10. The highest BCUT2D eigenvalue weighted by atomic mass is 79.9. The SMILES string of the molecule is O=C(ON1C(=O)CCC1=O)c1ccc(F)c(Br)c1. The van der Waals surface area contributed by atoms with E-state index in [4.69, 9.17) is 0 Å². The van der Waals surface area contributed by atoms with Gasteiger partial charge in [-0.25, -0.2) is 9.18 Å². The van der Waals surface area contributed by atoms with E-state index in [0.717, 1.165) is 6.07 Å². The Morgan fingerprint density at radius 1 is 1.28 bits per heavy atom. The number of rotatable bonds is 2. The molecule has 1 saturated heterocycles. The first-order chi connectivity index (χ1) is 8.49. The third kappa shape index (κ3) is 2.40. The Morgan fingerprint density at radius 3 is 2.44 bits per heavy atom. The van der Waals surface area contributed by atoms with E-state index in [0.29, 0.717) is 5.06 Å². The molecule has 0 atom stereocenters. The van der Waals surface area contributed by atoms with Gasteiger partial charge in [-0.15, -0.1) is 5.06 Å². The molecular formula is C11H7BrFNO4. The maximum Gasteiger partial charge on any atom is 0.363 e. The van der Waals surface area contributed by atoms with Crippen LogP contribution >= 0.6 is 15.9 Å². The lowest BCUT2D eigenvalue weighted by molar-refractivity contribution is -0.172. The predicted octanol–water partition coefficient (Wildman–Crippen LogP) is 1.81. The van der Waals surface area contributed by atoms with Crippen molar-refractivity contribution in [3.8, 4) is 0 Å². The number of carbonyl (C=O) groups excluding carboxylic acids is 3. The Bertz CT molecular complexity index is 530. The summed E-state index contributed by atoms with van der Waals surface area (Å²) in [6, 6.07) is 3.49. The number of imide groups is 1. The maximum atomic E-state index is 13.0. The minimum absolute atomic E-state index is 0.0270. The average molecular weight is 316 g/mol. The molecule has 0 bridgehead atoms. The van der Waals surface area contributed by atoms with E-state index < -0.39 is 23.6 Å². The van der Waals surface area contributed by atoms with Gasteiger partial charge in [-0.3, -0.25) is 9.59 Å². The third-order valence-electron chi connectivity index (χ3n) is 2.34. The van der Waals surface area contributed by atoms with Crippen molar-refractivity contribution in [2.24, 2.45) is 0 Å². The van der Waals surface area contributed by atoms with Crippen LogP contribution in [0.5, 0.6) is 0 Å². The zero-order chi connectivity index (χ0) is 13.3. The lowest BCUT2D eigenvalue weighted by Gasteiger charge is -2.12. The zero-order valence-corrected chi connectivity index (χ0v) is 10.6. The van der Waals surface area contributed by atoms with Crippen LogP contribution in [0.25, 0.3) is 0 Å². The summed E-state index contributed by atoms with van der Waals surface area (Å²) >= 11 is 2.92. The number of halogens is 2. The average Bonchev–Trinajstić information content (AvgIpc) is 2.64. The van der Waals surface area contributed by atoms with Crippen molar-refractivity contribution in [1.82, 2.24) is 5.06 Å². The Labute approximate surface area is 110 Å². The highest BCUT2D eigenvalue weighted by Crippen LogP contribution is 2.19. The van der Waals surface area contributed by atoms with Gasteiger partial charge in [0.05, 0.1) is 10.0 Å². The minimum Gasteiger partial charge on any atom is -0.325 e. The molecule has 1 aromatic carbocycles. The van der Waals surface area contributed by atoms with Gasteiger partial charge in [0.2, 0.25) is 0 Å². The van der Waals surface area contributed by atoms with Crippen molar-refractivity contribution in [2.75, 3.05) is 0 Å². The topological polar surface area (TPSA) is 63.7 Å². The molecule has 2 amide bonds. The molecule has 18 heavy (non-hydrogen) atoms. The largest absolute Gasteiger partial charge is 0.363 e. The van der Waals surface area contributed by atoms with Crippen molar-refractivity contribution in [1.29, 1.82) is 0 Å². The van der Waals surface area contributed by atoms with Crippen LogP contribution in [0.15, 0.2) is 22.7 Å². The van der Waals surface area contributed by atoms with Crippen molar-refractivity contribution < 1.29 is 23.6 Å². The molecule has 0 unspecified atom stereocenters. The fourth-order valence-electron chi connectivity index (χ4n) is 1.42. The molecule has 1 aromatic rings. The molecule has 94 valence electrons. The van der Waals surface area contributed by atoms with Gasteiger partial charge in [-0.05, 0) is 34.1 Å². The summed E-state index contributed by atoms with van der Waals surface area (Å²) in [4.78, 5) is 38.8. The standard InChI is InChI=1S/C11H7BrFNO4/c12-7-5-6(1-2-8(7)13)11(17)18-14-9(15)3-4-10(14)16/h1-2,5H,3-4H2. The molecule has 1 aliphatic heterocycles. The Kier molecular flexibility index (Phi) is 3.42. The van der Waals surface area contributed by atoms with E-state index >= 15 is 0 Å². The Hall–Kier alpha value is -1.76. The van der Waals surface area contributed by atoms with Gasteiger partial charge in [0.25, 0.3) is 11.8 Å². The van der Waals surface area contributed by atoms with Gasteiger partial charge in [0.1, 0.15) is 5.82 Å². The second-order valence-electron chi connectivity index (χ2n) is 3.59. The molecule has 0 spiro atoms. The van der Waals surface area contributed by atoms with Gasteiger partial charge < -0.3 is 4.84 Å². The summed E-state index contributed by atoms with van der Waals surface area (Å²) in [7, 11) is 0. The lowest BCUT2D eigenvalue weighted by atomic mass is 10.2. The third-order valence-corrected chi connectivity index (χ3v) is 2.94. The number of hydroxylamine groups is 2. The molecule has 0 radical (unpaired) electrons. The van der Waals surface area contributed by atoms with E-state index in [9.17, 15) is 18.8 Å². The number of hydrogen-bond acceptors (Lipinski definition) is 4. The van der Waals surface area contributed by atoms with E-state index in [-0.39, 0.29) is 22.9 Å². The van der Waals surface area contributed by atoms with Crippen LogP contribution in [0.1, 0.15) is 23.2 Å². The minimum atomic E-state index is -0.890. The Morgan fingerprint density at radius 2 is 1.89 bits per heavy atom. The number of hydrogen-bond donors (Lipinski definition) is 0. The molecule has 1 heterocycles. The lowest BCUT2D eigenvalue weighted by Crippen LogP contribution is -2.32. The molecule has 0 aromatic heterocycles. The van der Waals surface area contributed by atoms with Crippen LogP contribution in [0.3, 0.4) is 0 Å². The molecule has 1 fully saturated rings. The van der Waals surface area contributed by atoms with Gasteiger partial charge in [-0.1, -0.05) is 0 Å². The maximum absolute atomic E-state index is 13.0. The quantitative estimate of drug-likeness (QED) is 0.781. The predicted molar refractivity (Wildman–Crippen MR) is 60.6 cm³/mol. The molecular weight excluding hydrogens is 309 g/mol. The zero-order valence-electron chi connectivity index (χ0n) is 8.98. The molecule has 2 rings (SSSR count). The van der Waals surface area contributed by atoms with E-state index in [1.807, 2.05) is 0 Å². The molecule has 0 N–H and O–H groups in total. The smallest absolute Gasteiger partial charge is 0.325 e. The van der Waals surface area contributed by atoms with Crippen LogP contribution < -0.4 is 0 Å². The first kappa shape index (κ1) is 12.7. The van der Waals surface area contributed by atoms with Gasteiger partial charge in [-0.2, -0.15) is 0 Å². The summed E-state index contributed by atoms with van der Waals surface area (Å²) in [5, 5.41) is 0.444. The summed E-state index contributed by atoms with van der Waals surface area (Å²) in [5.74, 6) is -2.54. The summed E-state index contributed by atoms with van der Waals surface area (Å²) in [6.45, 7) is 0. The number of nitrogens with zero attached hydrogens (tertiary/aromatic N) is 1. The van der Waals surface area contributed by atoms with Gasteiger partial charge >= 0.3 is 5.97 Å². The molecule has 7 heteroatoms. The first-order valence-corrected chi connectivity index (χ1v) is 5.81. The summed E-state index contributed by atoms with van der Waals surface area (Å²) in [6.07, 6.45) is 0.0540. The van der Waals surface area contributed by atoms with Crippen molar-refractivity contribution >= 4 is 33.7 Å². The van der Waals surface area contributed by atoms with Crippen molar-refractivity contribution in [3.05, 3.63) is 34.1 Å². The number of amides is 2. The summed E-state index contributed by atoms with van der Waals surface area (Å²) in [5.41, 5.74) is 0.0378. The van der Waals surface area contributed by atoms with E-state index in [1.54, 1.807) is 0 Å². The van der Waals surface area contributed by atoms with Crippen LogP contribution in [-0.2, 0) is 14.4 Å². The molecule has 0 saturated carbocycles. The second kappa shape index (κ2) is 4.85. The first-order valence-electron chi connectivity index (χ1n) is 5.02. The number of carbonyl (C=O) groups is 3. The van der Waals surface area contributed by atoms with Crippen LogP contribution in [0.2, 0.25) is 0 Å². The van der Waals surface area contributed by atoms with Gasteiger partial charge in [0, 0.05) is 12.8 Å². The van der Waals surface area contributed by atoms with E-state index in [1.165, 1.54) is 12.1 Å². The van der Waals surface area contributed by atoms with Crippen LogP contribution in [-0.4, -0.2) is 22.8 Å². The van der Waals surface area contributed by atoms with Crippen LogP contribution in [0.4, 0.5) is 4.39 Å². The van der Waals surface area contributed by atoms with E-state index in [2.05, 4.69) is 20.8 Å². The van der Waals surface area contributed by atoms with Crippen molar-refractivity contribution in [3.63, 3.8) is 0 Å². The fraction of sp³-hybridized carbons (Fsp3) is 0.182. The van der Waals surface area contributed by atoms with Crippen molar-refractivity contribution in [2.45, 2.75) is 12.8 Å². The normalized spacial score (nSPS) is 15.1. The highest BCUT2D eigenvalue weighted by Gasteiger charge is 2.33.